The molecular weight excluding hydrogens is 520 g/mol. The first-order valence-electron chi connectivity index (χ1n) is 11.5. The van der Waals surface area contributed by atoms with Crippen LogP contribution >= 0.6 is 22.9 Å². The first-order chi connectivity index (χ1) is 17.1. The highest BCUT2D eigenvalue weighted by Gasteiger charge is 2.25. The average Bonchev–Trinajstić information content (AvgIpc) is 3.29. The van der Waals surface area contributed by atoms with E-state index in [4.69, 9.17) is 16.6 Å². The van der Waals surface area contributed by atoms with E-state index in [-0.39, 0.29) is 5.41 Å². The lowest BCUT2D eigenvalue weighted by molar-refractivity contribution is 0.171. The second-order valence-electron chi connectivity index (χ2n) is 8.88. The zero-order valence-corrected chi connectivity index (χ0v) is 23.4. The van der Waals surface area contributed by atoms with Gasteiger partial charge in [-0.15, -0.1) is 11.3 Å². The molecule has 0 aliphatic carbocycles. The standard InChI is InChI=1S/C24H31ClN6O3S2/c1-6-14-36(33)31-16-9-7-8-15(18(16)25)19-20(35-21(30-19)24(2,3)4)17-10-11-26-22(29-17)27-12-13-28-23(32)34-5/h7-11,31H,6,12-14H2,1-5H3,(H,28,32)(H,26,27,29). The molecule has 1 unspecified atom stereocenters. The molecule has 0 saturated carbocycles. The Bertz CT molecular complexity index is 1230. The quantitative estimate of drug-likeness (QED) is 0.286. The monoisotopic (exact) mass is 550 g/mol. The fourth-order valence-corrected chi connectivity index (χ4v) is 5.45. The lowest BCUT2D eigenvalue weighted by atomic mass is 9.98. The van der Waals surface area contributed by atoms with E-state index in [0.717, 1.165) is 21.9 Å². The summed E-state index contributed by atoms with van der Waals surface area (Å²) < 4.78 is 19.9. The Kier molecular flexibility index (Phi) is 9.63. The summed E-state index contributed by atoms with van der Waals surface area (Å²) in [6.45, 7) is 9.08. The third-order valence-corrected chi connectivity index (χ3v) is 8.02. The molecule has 194 valence electrons. The van der Waals surface area contributed by atoms with Gasteiger partial charge in [-0.05, 0) is 18.6 Å². The predicted molar refractivity (Wildman–Crippen MR) is 148 cm³/mol. The Hall–Kier alpha value is -2.76. The fourth-order valence-electron chi connectivity index (χ4n) is 3.13. The third kappa shape index (κ3) is 7.14. The fraction of sp³-hybridized carbons (Fsp3) is 0.417. The number of amides is 1. The van der Waals surface area contributed by atoms with Gasteiger partial charge in [0, 0.05) is 36.0 Å². The van der Waals surface area contributed by atoms with Gasteiger partial charge in [0.05, 0.1) is 39.1 Å². The predicted octanol–water partition coefficient (Wildman–Crippen LogP) is 5.47. The third-order valence-electron chi connectivity index (χ3n) is 4.89. The van der Waals surface area contributed by atoms with E-state index in [2.05, 4.69) is 50.8 Å². The van der Waals surface area contributed by atoms with Gasteiger partial charge in [0.1, 0.15) is 11.0 Å². The van der Waals surface area contributed by atoms with Crippen molar-refractivity contribution in [2.75, 3.05) is 36.0 Å². The molecule has 0 bridgehead atoms. The van der Waals surface area contributed by atoms with Gasteiger partial charge in [0.15, 0.2) is 0 Å². The molecule has 2 aromatic heterocycles. The minimum Gasteiger partial charge on any atom is -0.453 e. The van der Waals surface area contributed by atoms with Gasteiger partial charge >= 0.3 is 6.09 Å². The van der Waals surface area contributed by atoms with Crippen LogP contribution in [0.2, 0.25) is 5.02 Å². The summed E-state index contributed by atoms with van der Waals surface area (Å²) in [6, 6.07) is 7.41. The molecule has 0 aliphatic rings. The number of hydrogen-bond acceptors (Lipinski definition) is 8. The maximum Gasteiger partial charge on any atom is 0.406 e. The Morgan fingerprint density at radius 2 is 1.97 bits per heavy atom. The SMILES string of the molecule is CCCS(=O)Nc1cccc(-c2nc(C(C)(C)C)sc2-c2ccnc(NCCNC(=O)OC)n2)c1Cl. The number of methoxy groups -OCH3 is 1. The zero-order chi connectivity index (χ0) is 26.3. The van der Waals surface area contributed by atoms with Crippen LogP contribution in [0.1, 0.15) is 39.1 Å². The number of alkyl carbamates (subject to hydrolysis) is 1. The lowest BCUT2D eigenvalue weighted by Crippen LogP contribution is -2.28. The van der Waals surface area contributed by atoms with E-state index >= 15 is 0 Å². The van der Waals surface area contributed by atoms with Crippen LogP contribution in [0.3, 0.4) is 0 Å². The number of nitrogens with zero attached hydrogens (tertiary/aromatic N) is 3. The number of hydrogen-bond donors (Lipinski definition) is 3. The number of carbonyl (C=O) groups excluding carboxylic acids is 1. The molecule has 0 radical (unpaired) electrons. The molecule has 1 atom stereocenters. The summed E-state index contributed by atoms with van der Waals surface area (Å²) >= 11 is 8.35. The van der Waals surface area contributed by atoms with Gasteiger partial charge in [0.2, 0.25) is 5.95 Å². The molecule has 12 heteroatoms. The minimum absolute atomic E-state index is 0.184. The summed E-state index contributed by atoms with van der Waals surface area (Å²) in [4.78, 5) is 26.0. The largest absolute Gasteiger partial charge is 0.453 e. The molecule has 3 aromatic rings. The number of nitrogens with one attached hydrogen (secondary N) is 3. The van der Waals surface area contributed by atoms with Gasteiger partial charge in [-0.1, -0.05) is 51.4 Å². The molecule has 0 aliphatic heterocycles. The van der Waals surface area contributed by atoms with Crippen molar-refractivity contribution in [2.24, 2.45) is 0 Å². The molecule has 3 rings (SSSR count). The second kappa shape index (κ2) is 12.5. The number of rotatable bonds is 10. The zero-order valence-electron chi connectivity index (χ0n) is 21.0. The Morgan fingerprint density at radius 1 is 1.19 bits per heavy atom. The molecule has 36 heavy (non-hydrogen) atoms. The first kappa shape index (κ1) is 27.8. The number of benzene rings is 1. The van der Waals surface area contributed by atoms with Crippen molar-refractivity contribution >= 4 is 51.7 Å². The maximum atomic E-state index is 12.3. The van der Waals surface area contributed by atoms with Crippen molar-refractivity contribution in [3.05, 3.63) is 40.5 Å². The number of ether oxygens (including phenoxy) is 1. The van der Waals surface area contributed by atoms with Crippen LogP contribution in [-0.4, -0.2) is 51.2 Å². The van der Waals surface area contributed by atoms with Gasteiger partial charge in [-0.25, -0.2) is 24.0 Å². The van der Waals surface area contributed by atoms with E-state index < -0.39 is 17.1 Å². The highest BCUT2D eigenvalue weighted by Crippen LogP contribution is 2.43. The Morgan fingerprint density at radius 3 is 2.67 bits per heavy atom. The van der Waals surface area contributed by atoms with Crippen LogP contribution in [0.15, 0.2) is 30.5 Å². The minimum atomic E-state index is -1.22. The van der Waals surface area contributed by atoms with Crippen molar-refractivity contribution in [3.63, 3.8) is 0 Å². The van der Waals surface area contributed by atoms with E-state index in [0.29, 0.717) is 46.9 Å². The number of carbonyl (C=O) groups is 1. The lowest BCUT2D eigenvalue weighted by Gasteiger charge is -2.14. The first-order valence-corrected chi connectivity index (χ1v) is 14.0. The number of aromatic nitrogens is 3. The van der Waals surface area contributed by atoms with Crippen LogP contribution in [0.5, 0.6) is 0 Å². The molecule has 2 heterocycles. The van der Waals surface area contributed by atoms with E-state index in [1.165, 1.54) is 7.11 Å². The molecule has 0 spiro atoms. The summed E-state index contributed by atoms with van der Waals surface area (Å²) in [5.74, 6) is 0.954. The second-order valence-corrected chi connectivity index (χ2v) is 11.6. The topological polar surface area (TPSA) is 118 Å². The van der Waals surface area contributed by atoms with Crippen molar-refractivity contribution in [2.45, 2.75) is 39.5 Å². The van der Waals surface area contributed by atoms with Crippen LogP contribution in [-0.2, 0) is 21.1 Å². The van der Waals surface area contributed by atoms with Crippen LogP contribution < -0.4 is 15.4 Å². The van der Waals surface area contributed by atoms with Crippen molar-refractivity contribution < 1.29 is 13.7 Å². The average molecular weight is 551 g/mol. The van der Waals surface area contributed by atoms with Gasteiger partial charge in [-0.3, -0.25) is 0 Å². The van der Waals surface area contributed by atoms with Gasteiger partial charge < -0.3 is 20.1 Å². The highest BCUT2D eigenvalue weighted by atomic mass is 35.5. The van der Waals surface area contributed by atoms with Crippen LogP contribution in [0.4, 0.5) is 16.4 Å². The van der Waals surface area contributed by atoms with Crippen LogP contribution in [0, 0.1) is 0 Å². The number of thiazole rings is 1. The highest BCUT2D eigenvalue weighted by molar-refractivity contribution is 7.86. The van der Waals surface area contributed by atoms with E-state index in [1.807, 2.05) is 31.2 Å². The maximum absolute atomic E-state index is 12.3. The number of halogens is 1. The van der Waals surface area contributed by atoms with Gasteiger partial charge in [0.25, 0.3) is 0 Å². The molecule has 1 amide bonds. The van der Waals surface area contributed by atoms with E-state index in [1.54, 1.807) is 17.5 Å². The Balaban J connectivity index is 1.98. The Labute approximate surface area is 223 Å². The molecule has 0 saturated heterocycles. The smallest absolute Gasteiger partial charge is 0.406 e. The van der Waals surface area contributed by atoms with Crippen LogP contribution in [0.25, 0.3) is 21.8 Å². The number of anilines is 2. The molecular formula is C24H31ClN6O3S2. The summed E-state index contributed by atoms with van der Waals surface area (Å²) in [7, 11) is 0.0935. The normalized spacial score (nSPS) is 12.2. The summed E-state index contributed by atoms with van der Waals surface area (Å²) in [5, 5.41) is 7.10. The molecule has 1 aromatic carbocycles. The van der Waals surface area contributed by atoms with Crippen molar-refractivity contribution in [3.8, 4) is 21.8 Å². The summed E-state index contributed by atoms with van der Waals surface area (Å²) in [5.41, 5.74) is 2.54. The van der Waals surface area contributed by atoms with Crippen molar-refractivity contribution in [1.82, 2.24) is 20.3 Å². The van der Waals surface area contributed by atoms with Crippen molar-refractivity contribution in [1.29, 1.82) is 0 Å². The molecule has 9 nitrogen and oxygen atoms in total. The van der Waals surface area contributed by atoms with Gasteiger partial charge in [-0.2, -0.15) is 0 Å². The molecule has 0 fully saturated rings. The van der Waals surface area contributed by atoms with E-state index in [9.17, 15) is 9.00 Å². The molecule has 3 N–H and O–H groups in total. The summed E-state index contributed by atoms with van der Waals surface area (Å²) in [6.07, 6.45) is 1.97.